The number of hydrogen-bond donors (Lipinski definition) is 1. The van der Waals surface area contributed by atoms with E-state index in [0.717, 1.165) is 0 Å². The minimum absolute atomic E-state index is 0.0752. The molecular weight excluding hydrogens is 274 g/mol. The number of ketones is 1. The molecule has 0 aromatic heterocycles. The summed E-state index contributed by atoms with van der Waals surface area (Å²) in [7, 11) is 0. The summed E-state index contributed by atoms with van der Waals surface area (Å²) in [6.07, 6.45) is -0.148. The lowest BCUT2D eigenvalue weighted by Gasteiger charge is -2.19. The molecule has 0 saturated heterocycles. The van der Waals surface area contributed by atoms with Crippen LogP contribution in [0.25, 0.3) is 0 Å². The number of amides is 1. The third-order valence-corrected chi connectivity index (χ3v) is 3.45. The molecule has 3 nitrogen and oxygen atoms in total. The van der Waals surface area contributed by atoms with Crippen molar-refractivity contribution in [2.45, 2.75) is 32.6 Å². The summed E-state index contributed by atoms with van der Waals surface area (Å²) < 4.78 is 0. The molecule has 0 atom stereocenters. The second-order valence-corrected chi connectivity index (χ2v) is 6.34. The molecule has 2 aromatic rings. The molecule has 1 N–H and O–H groups in total. The molecule has 2 aromatic carbocycles. The van der Waals surface area contributed by atoms with E-state index in [1.807, 2.05) is 30.3 Å². The fourth-order valence-electron chi connectivity index (χ4n) is 2.13. The van der Waals surface area contributed by atoms with Crippen LogP contribution in [0.1, 0.15) is 43.1 Å². The van der Waals surface area contributed by atoms with Crippen LogP contribution in [0.4, 0.5) is 5.69 Å². The summed E-state index contributed by atoms with van der Waals surface area (Å²) in [5, 5.41) is 2.76. The molecule has 0 unspecified atom stereocenters. The second kappa shape index (κ2) is 6.56. The highest BCUT2D eigenvalue weighted by Gasteiger charge is 2.14. The molecular formula is C19H21NO2. The van der Waals surface area contributed by atoms with Crippen LogP contribution >= 0.6 is 0 Å². The van der Waals surface area contributed by atoms with Gasteiger partial charge >= 0.3 is 0 Å². The van der Waals surface area contributed by atoms with Crippen LogP contribution in [0.2, 0.25) is 0 Å². The van der Waals surface area contributed by atoms with Crippen molar-refractivity contribution in [1.82, 2.24) is 0 Å². The smallest absolute Gasteiger partial charge is 0.232 e. The van der Waals surface area contributed by atoms with Gasteiger partial charge in [-0.15, -0.1) is 0 Å². The van der Waals surface area contributed by atoms with Gasteiger partial charge in [0.25, 0.3) is 0 Å². The number of benzene rings is 2. The Morgan fingerprint density at radius 1 is 0.909 bits per heavy atom. The first kappa shape index (κ1) is 16.0. The lowest BCUT2D eigenvalue weighted by molar-refractivity contribution is -0.115. The van der Waals surface area contributed by atoms with Gasteiger partial charge in [-0.1, -0.05) is 63.2 Å². The van der Waals surface area contributed by atoms with Gasteiger partial charge in [0.2, 0.25) is 5.91 Å². The zero-order chi connectivity index (χ0) is 16.2. The van der Waals surface area contributed by atoms with E-state index >= 15 is 0 Å². The van der Waals surface area contributed by atoms with E-state index < -0.39 is 0 Å². The largest absolute Gasteiger partial charge is 0.326 e. The lowest BCUT2D eigenvalue weighted by Crippen LogP contribution is -2.17. The second-order valence-electron chi connectivity index (χ2n) is 6.34. The molecule has 0 bridgehead atoms. The topological polar surface area (TPSA) is 46.2 Å². The van der Waals surface area contributed by atoms with E-state index in [4.69, 9.17) is 0 Å². The molecule has 22 heavy (non-hydrogen) atoms. The van der Waals surface area contributed by atoms with Gasteiger partial charge in [-0.3, -0.25) is 9.59 Å². The normalized spacial score (nSPS) is 11.0. The zero-order valence-corrected chi connectivity index (χ0v) is 13.2. The molecule has 114 valence electrons. The fourth-order valence-corrected chi connectivity index (χ4v) is 2.13. The van der Waals surface area contributed by atoms with Crippen molar-refractivity contribution in [3.05, 3.63) is 65.7 Å². The van der Waals surface area contributed by atoms with Crippen molar-refractivity contribution in [2.24, 2.45) is 0 Å². The predicted molar refractivity (Wildman–Crippen MR) is 89.2 cm³/mol. The minimum Gasteiger partial charge on any atom is -0.326 e. The highest BCUT2D eigenvalue weighted by atomic mass is 16.2. The number of hydrogen-bond acceptors (Lipinski definition) is 2. The lowest BCUT2D eigenvalue weighted by atomic mass is 9.87. The van der Waals surface area contributed by atoms with Crippen LogP contribution in [0.3, 0.4) is 0 Å². The van der Waals surface area contributed by atoms with E-state index in [1.54, 1.807) is 24.3 Å². The van der Waals surface area contributed by atoms with Crippen LogP contribution < -0.4 is 5.32 Å². The van der Waals surface area contributed by atoms with E-state index in [2.05, 4.69) is 26.1 Å². The first-order chi connectivity index (χ1) is 10.4. The summed E-state index contributed by atoms with van der Waals surface area (Å²) in [4.78, 5) is 23.9. The Morgan fingerprint density at radius 3 is 2.05 bits per heavy atom. The van der Waals surface area contributed by atoms with Crippen molar-refractivity contribution in [3.8, 4) is 0 Å². The number of carbonyl (C=O) groups is 2. The Hall–Kier alpha value is -2.42. The molecule has 0 spiro atoms. The molecule has 0 fully saturated rings. The molecule has 1 amide bonds. The fraction of sp³-hybridized carbons (Fsp3) is 0.263. The van der Waals surface area contributed by atoms with Gasteiger partial charge in [-0.05, 0) is 23.1 Å². The first-order valence-electron chi connectivity index (χ1n) is 7.35. The molecule has 3 heteroatoms. The standard InChI is InChI=1S/C19H21NO2/c1-19(2,3)15-9-11-16(12-10-15)20-18(22)13-17(21)14-7-5-4-6-8-14/h4-12H,13H2,1-3H3,(H,20,22). The first-order valence-corrected chi connectivity index (χ1v) is 7.35. The average Bonchev–Trinajstić information content (AvgIpc) is 2.47. The Kier molecular flexibility index (Phi) is 4.76. The summed E-state index contributed by atoms with van der Waals surface area (Å²) in [5.41, 5.74) is 2.54. The number of carbonyl (C=O) groups excluding carboxylic acids is 2. The van der Waals surface area contributed by atoms with Crippen LogP contribution in [-0.4, -0.2) is 11.7 Å². The number of rotatable bonds is 4. The van der Waals surface area contributed by atoms with Crippen LogP contribution in [-0.2, 0) is 10.2 Å². The zero-order valence-electron chi connectivity index (χ0n) is 13.2. The monoisotopic (exact) mass is 295 g/mol. The SMILES string of the molecule is CC(C)(C)c1ccc(NC(=O)CC(=O)c2ccccc2)cc1. The Balaban J connectivity index is 1.96. The highest BCUT2D eigenvalue weighted by molar-refractivity contribution is 6.10. The van der Waals surface area contributed by atoms with Crippen LogP contribution in [0.15, 0.2) is 54.6 Å². The van der Waals surface area contributed by atoms with E-state index in [1.165, 1.54) is 5.56 Å². The van der Waals surface area contributed by atoms with Crippen molar-refractivity contribution >= 4 is 17.4 Å². The van der Waals surface area contributed by atoms with Crippen LogP contribution in [0.5, 0.6) is 0 Å². The Morgan fingerprint density at radius 2 is 1.50 bits per heavy atom. The maximum Gasteiger partial charge on any atom is 0.232 e. The van der Waals surface area contributed by atoms with Crippen LogP contribution in [0, 0.1) is 0 Å². The minimum atomic E-state index is -0.294. The van der Waals surface area contributed by atoms with E-state index in [9.17, 15) is 9.59 Å². The molecule has 0 aliphatic heterocycles. The maximum atomic E-state index is 12.0. The number of Topliss-reactive ketones (excluding diaryl/α,β-unsaturated/α-hetero) is 1. The Labute approximate surface area is 131 Å². The van der Waals surface area contributed by atoms with Crippen molar-refractivity contribution < 1.29 is 9.59 Å². The number of anilines is 1. The van der Waals surface area contributed by atoms with Gasteiger partial charge in [0.1, 0.15) is 0 Å². The average molecular weight is 295 g/mol. The molecule has 0 radical (unpaired) electrons. The van der Waals surface area contributed by atoms with E-state index in [-0.39, 0.29) is 23.5 Å². The molecule has 2 rings (SSSR count). The summed E-state index contributed by atoms with van der Waals surface area (Å²) >= 11 is 0. The molecule has 0 heterocycles. The maximum absolute atomic E-state index is 12.0. The summed E-state index contributed by atoms with van der Waals surface area (Å²) in [6.45, 7) is 6.41. The van der Waals surface area contributed by atoms with Crippen molar-refractivity contribution in [1.29, 1.82) is 0 Å². The molecule has 0 aliphatic rings. The predicted octanol–water partition coefficient (Wildman–Crippen LogP) is 4.20. The quantitative estimate of drug-likeness (QED) is 0.679. The molecule has 0 aliphatic carbocycles. The summed E-state index contributed by atoms with van der Waals surface area (Å²) in [6, 6.07) is 16.6. The third-order valence-electron chi connectivity index (χ3n) is 3.45. The third kappa shape index (κ3) is 4.29. The number of nitrogens with one attached hydrogen (secondary N) is 1. The van der Waals surface area contributed by atoms with E-state index in [0.29, 0.717) is 11.3 Å². The van der Waals surface area contributed by atoms with Gasteiger partial charge < -0.3 is 5.32 Å². The van der Waals surface area contributed by atoms with Gasteiger partial charge in [-0.2, -0.15) is 0 Å². The molecule has 0 saturated carbocycles. The summed E-state index contributed by atoms with van der Waals surface area (Å²) in [5.74, 6) is -0.471. The van der Waals surface area contributed by atoms with Crippen molar-refractivity contribution in [3.63, 3.8) is 0 Å². The van der Waals surface area contributed by atoms with Crippen molar-refractivity contribution in [2.75, 3.05) is 5.32 Å². The highest BCUT2D eigenvalue weighted by Crippen LogP contribution is 2.23. The van der Waals surface area contributed by atoms with Gasteiger partial charge in [-0.25, -0.2) is 0 Å². The van der Waals surface area contributed by atoms with Gasteiger partial charge in [0, 0.05) is 11.3 Å². The Bertz CT molecular complexity index is 652. The van der Waals surface area contributed by atoms with Gasteiger partial charge in [0.05, 0.1) is 6.42 Å². The van der Waals surface area contributed by atoms with Gasteiger partial charge in [0.15, 0.2) is 5.78 Å².